The van der Waals surface area contributed by atoms with Gasteiger partial charge in [0, 0.05) is 27.2 Å². The fourth-order valence-corrected chi connectivity index (χ4v) is 6.84. The fourth-order valence-electron chi connectivity index (χ4n) is 5.63. The number of urea groups is 1. The van der Waals surface area contributed by atoms with Gasteiger partial charge in [-0.1, -0.05) is 42.5 Å². The van der Waals surface area contributed by atoms with Gasteiger partial charge in [0.25, 0.3) is 0 Å². The summed E-state index contributed by atoms with van der Waals surface area (Å²) in [4.78, 5) is 43.6. The molecule has 0 radical (unpaired) electrons. The molecule has 202 valence electrons. The number of imide groups is 1. The zero-order valence-electron chi connectivity index (χ0n) is 21.7. The Kier molecular flexibility index (Phi) is 8.01. The minimum absolute atomic E-state index is 0.0596. The van der Waals surface area contributed by atoms with Gasteiger partial charge in [-0.15, -0.1) is 11.8 Å². The van der Waals surface area contributed by atoms with Crippen LogP contribution >= 0.6 is 11.8 Å². The second-order valence-corrected chi connectivity index (χ2v) is 11.5. The Morgan fingerprint density at radius 1 is 1.00 bits per heavy atom. The first kappa shape index (κ1) is 26.6. The quantitative estimate of drug-likeness (QED) is 0.587. The van der Waals surface area contributed by atoms with Crippen molar-refractivity contribution in [3.8, 4) is 0 Å². The van der Waals surface area contributed by atoms with Crippen LogP contribution in [0, 0.1) is 17.7 Å². The number of benzene rings is 2. The van der Waals surface area contributed by atoms with E-state index < -0.39 is 23.6 Å². The topological polar surface area (TPSA) is 85.0 Å². The largest absolute Gasteiger partial charge is 0.342 e. The highest BCUT2D eigenvalue weighted by Gasteiger charge is 2.51. The Hall–Kier alpha value is -2.95. The van der Waals surface area contributed by atoms with Crippen LogP contribution in [0.25, 0.3) is 0 Å². The maximum atomic E-state index is 13.5. The van der Waals surface area contributed by atoms with Gasteiger partial charge in [-0.05, 0) is 48.4 Å². The Labute approximate surface area is 226 Å². The summed E-state index contributed by atoms with van der Waals surface area (Å²) in [6.45, 7) is 1.47. The van der Waals surface area contributed by atoms with E-state index in [0.717, 1.165) is 42.8 Å². The van der Waals surface area contributed by atoms with Crippen LogP contribution in [-0.4, -0.2) is 77.0 Å². The van der Waals surface area contributed by atoms with E-state index in [2.05, 4.69) is 34.9 Å². The van der Waals surface area contributed by atoms with Gasteiger partial charge >= 0.3 is 6.03 Å². The Morgan fingerprint density at radius 3 is 2.37 bits per heavy atom. The normalized spacial score (nSPS) is 26.4. The van der Waals surface area contributed by atoms with Crippen LogP contribution in [0.1, 0.15) is 30.1 Å². The lowest BCUT2D eigenvalue weighted by molar-refractivity contribution is -0.140. The number of amides is 4. The second kappa shape index (κ2) is 11.4. The van der Waals surface area contributed by atoms with Crippen LogP contribution in [-0.2, 0) is 16.0 Å². The highest BCUT2D eigenvalue weighted by Crippen LogP contribution is 2.34. The third-order valence-electron chi connectivity index (χ3n) is 7.88. The van der Waals surface area contributed by atoms with E-state index in [9.17, 15) is 18.8 Å². The number of nitrogens with zero attached hydrogens (tertiary/aromatic N) is 3. The van der Waals surface area contributed by atoms with Crippen molar-refractivity contribution in [3.63, 3.8) is 0 Å². The summed E-state index contributed by atoms with van der Waals surface area (Å²) < 4.78 is 13.5. The summed E-state index contributed by atoms with van der Waals surface area (Å²) >= 11 is 1.40. The first-order valence-corrected chi connectivity index (χ1v) is 14.1. The lowest BCUT2D eigenvalue weighted by Crippen LogP contribution is -2.72. The molecule has 8 nitrogen and oxygen atoms in total. The molecular formula is C28H34FN5O3S. The van der Waals surface area contributed by atoms with E-state index in [-0.39, 0.29) is 29.4 Å². The molecule has 0 spiro atoms. The molecule has 3 fully saturated rings. The maximum absolute atomic E-state index is 13.5. The van der Waals surface area contributed by atoms with Gasteiger partial charge in [0.15, 0.2) is 0 Å². The van der Waals surface area contributed by atoms with Gasteiger partial charge in [-0.2, -0.15) is 0 Å². The van der Waals surface area contributed by atoms with Gasteiger partial charge in [-0.3, -0.25) is 25.1 Å². The molecule has 4 amide bonds. The lowest BCUT2D eigenvalue weighted by Gasteiger charge is -2.50. The van der Waals surface area contributed by atoms with E-state index in [1.54, 1.807) is 19.2 Å². The number of thioether (sulfide) groups is 1. The molecule has 2 N–H and O–H groups in total. The first-order valence-electron chi connectivity index (χ1n) is 13.1. The Balaban J connectivity index is 1.23. The van der Waals surface area contributed by atoms with Crippen molar-refractivity contribution in [1.82, 2.24) is 25.3 Å². The van der Waals surface area contributed by atoms with E-state index in [1.807, 2.05) is 11.0 Å². The van der Waals surface area contributed by atoms with E-state index >= 15 is 0 Å². The standard InChI is InChI=1S/C28H34FN5O3S/c1-32-25-23(27(36)33(2)28(32)37)26(31-24(30-25)20-8-10-21(29)11-9-20)38-17-22(35)34-14-12-19(13-15-34)16-18-6-4-3-5-7-18/h3-11,19,23-26,30-31H,12-17H2,1-2H3. The maximum Gasteiger partial charge on any atom is 0.327 e. The van der Waals surface area contributed by atoms with Crippen molar-refractivity contribution in [2.75, 3.05) is 32.9 Å². The molecule has 10 heteroatoms. The predicted molar refractivity (Wildman–Crippen MR) is 144 cm³/mol. The van der Waals surface area contributed by atoms with Crippen molar-refractivity contribution in [1.29, 1.82) is 0 Å². The van der Waals surface area contributed by atoms with E-state index in [1.165, 1.54) is 41.4 Å². The van der Waals surface area contributed by atoms with Crippen molar-refractivity contribution in [3.05, 3.63) is 71.5 Å². The van der Waals surface area contributed by atoms with Crippen molar-refractivity contribution < 1.29 is 18.8 Å². The number of hydrogen-bond acceptors (Lipinski definition) is 6. The molecule has 2 aromatic rings. The van der Waals surface area contributed by atoms with Gasteiger partial charge < -0.3 is 9.80 Å². The molecule has 3 aliphatic heterocycles. The molecule has 3 saturated heterocycles. The number of carbonyl (C=O) groups excluding carboxylic acids is 3. The number of nitrogens with one attached hydrogen (secondary N) is 2. The number of halogens is 1. The van der Waals surface area contributed by atoms with Crippen LogP contribution in [0.5, 0.6) is 0 Å². The zero-order chi connectivity index (χ0) is 26.8. The van der Waals surface area contributed by atoms with Gasteiger partial charge in [0.1, 0.15) is 5.82 Å². The highest BCUT2D eigenvalue weighted by molar-refractivity contribution is 8.00. The summed E-state index contributed by atoms with van der Waals surface area (Å²) in [6, 6.07) is 16.2. The average Bonchev–Trinajstić information content (AvgIpc) is 2.94. The smallest absolute Gasteiger partial charge is 0.327 e. The molecule has 3 heterocycles. The molecule has 38 heavy (non-hydrogen) atoms. The molecule has 5 rings (SSSR count). The van der Waals surface area contributed by atoms with Crippen molar-refractivity contribution >= 4 is 29.6 Å². The number of piperidine rings is 1. The SMILES string of the molecule is CN1C(=O)C2C(SCC(=O)N3CCC(Cc4ccccc4)CC3)NC(c3ccc(F)cc3)NC2N(C)C1=O. The third kappa shape index (κ3) is 5.57. The summed E-state index contributed by atoms with van der Waals surface area (Å²) in [5.74, 6) is -0.343. The van der Waals surface area contributed by atoms with Gasteiger partial charge in [-0.25, -0.2) is 9.18 Å². The van der Waals surface area contributed by atoms with Crippen LogP contribution in [0.15, 0.2) is 54.6 Å². The number of hydrogen-bond donors (Lipinski definition) is 2. The van der Waals surface area contributed by atoms with Crippen LogP contribution in [0.4, 0.5) is 9.18 Å². The molecule has 4 unspecified atom stereocenters. The molecule has 4 atom stereocenters. The third-order valence-corrected chi connectivity index (χ3v) is 9.08. The predicted octanol–water partition coefficient (Wildman–Crippen LogP) is 3.02. The number of fused-ring (bicyclic) bond motifs is 1. The van der Waals surface area contributed by atoms with Gasteiger partial charge in [0.05, 0.1) is 29.4 Å². The number of likely N-dealkylation sites (tertiary alicyclic amines) is 1. The second-order valence-electron chi connectivity index (χ2n) is 10.3. The minimum atomic E-state index is -0.575. The summed E-state index contributed by atoms with van der Waals surface area (Å²) in [7, 11) is 3.14. The van der Waals surface area contributed by atoms with Gasteiger partial charge in [0.2, 0.25) is 11.8 Å². The Morgan fingerprint density at radius 2 is 1.68 bits per heavy atom. The van der Waals surface area contributed by atoms with E-state index in [0.29, 0.717) is 5.92 Å². The molecule has 2 aromatic carbocycles. The summed E-state index contributed by atoms with van der Waals surface area (Å²) in [5, 5.41) is 6.37. The lowest BCUT2D eigenvalue weighted by atomic mass is 9.90. The molecule has 3 aliphatic rings. The molecular weight excluding hydrogens is 505 g/mol. The fraction of sp³-hybridized carbons (Fsp3) is 0.464. The monoisotopic (exact) mass is 539 g/mol. The molecule has 0 aromatic heterocycles. The van der Waals surface area contributed by atoms with Crippen LogP contribution in [0.3, 0.4) is 0 Å². The van der Waals surface area contributed by atoms with Crippen LogP contribution in [0.2, 0.25) is 0 Å². The summed E-state index contributed by atoms with van der Waals surface area (Å²) in [6.07, 6.45) is 2.02. The number of carbonyl (C=O) groups is 3. The van der Waals surface area contributed by atoms with Crippen molar-refractivity contribution in [2.45, 2.75) is 37.0 Å². The summed E-state index contributed by atoms with van der Waals surface area (Å²) in [5.41, 5.74) is 2.12. The highest BCUT2D eigenvalue weighted by atomic mass is 32.2. The Bertz CT molecular complexity index is 1160. The van der Waals surface area contributed by atoms with Crippen molar-refractivity contribution in [2.24, 2.45) is 11.8 Å². The zero-order valence-corrected chi connectivity index (χ0v) is 22.5. The molecule has 0 aliphatic carbocycles. The molecule has 0 saturated carbocycles. The average molecular weight is 540 g/mol. The minimum Gasteiger partial charge on any atom is -0.342 e. The number of rotatable bonds is 6. The first-order chi connectivity index (χ1) is 18.3. The van der Waals surface area contributed by atoms with E-state index in [4.69, 9.17) is 0 Å². The van der Waals surface area contributed by atoms with Crippen LogP contribution < -0.4 is 10.6 Å². The molecule has 0 bridgehead atoms.